The lowest BCUT2D eigenvalue weighted by molar-refractivity contribution is 0.0521. The molecule has 1 saturated carbocycles. The fourth-order valence-corrected chi connectivity index (χ4v) is 3.65. The second-order valence-corrected chi connectivity index (χ2v) is 6.17. The predicted octanol–water partition coefficient (Wildman–Crippen LogP) is 2.66. The van der Waals surface area contributed by atoms with Gasteiger partial charge in [0, 0.05) is 17.7 Å². The molecule has 0 spiro atoms. The maximum absolute atomic E-state index is 11.9. The molecule has 0 bridgehead atoms. The van der Waals surface area contributed by atoms with Crippen LogP contribution in [0.25, 0.3) is 0 Å². The molecule has 1 aromatic rings. The number of hydrogen-bond donors (Lipinski definition) is 1. The van der Waals surface area contributed by atoms with E-state index in [-0.39, 0.29) is 5.69 Å². The number of hydrogen-bond acceptors (Lipinski definition) is 5. The zero-order valence-electron chi connectivity index (χ0n) is 12.4. The van der Waals surface area contributed by atoms with E-state index in [1.54, 1.807) is 6.92 Å². The third-order valence-corrected chi connectivity index (χ3v) is 4.96. The Balaban J connectivity index is 2.30. The summed E-state index contributed by atoms with van der Waals surface area (Å²) in [6.45, 7) is 4.16. The number of nitrogens with two attached hydrogens (primary N) is 1. The molecule has 1 fully saturated rings. The lowest BCUT2D eigenvalue weighted by Gasteiger charge is -2.17. The molecule has 0 aliphatic heterocycles. The molecular weight excluding hydrogens is 274 g/mol. The number of anilines is 1. The van der Waals surface area contributed by atoms with Crippen LogP contribution in [0, 0.1) is 0 Å². The molecular formula is C14H23N3O2S. The Bertz CT molecular complexity index is 487. The van der Waals surface area contributed by atoms with Crippen LogP contribution in [-0.2, 0) is 11.2 Å². The number of rotatable bonds is 5. The van der Waals surface area contributed by atoms with Gasteiger partial charge in [-0.1, -0.05) is 6.92 Å². The van der Waals surface area contributed by atoms with E-state index in [2.05, 4.69) is 15.8 Å². The SMILES string of the molecule is CCOC(=O)c1nc(CC)n(C2CCC(SC)C2)c1N. The van der Waals surface area contributed by atoms with Crippen molar-refractivity contribution in [2.24, 2.45) is 0 Å². The monoisotopic (exact) mass is 297 g/mol. The van der Waals surface area contributed by atoms with Crippen LogP contribution < -0.4 is 5.73 Å². The fraction of sp³-hybridized carbons (Fsp3) is 0.714. The number of imidazole rings is 1. The molecule has 20 heavy (non-hydrogen) atoms. The molecule has 112 valence electrons. The number of carbonyl (C=O) groups excluding carboxylic acids is 1. The smallest absolute Gasteiger partial charge is 0.360 e. The van der Waals surface area contributed by atoms with Crippen LogP contribution >= 0.6 is 11.8 Å². The Morgan fingerprint density at radius 3 is 2.80 bits per heavy atom. The summed E-state index contributed by atoms with van der Waals surface area (Å²) in [4.78, 5) is 16.3. The highest BCUT2D eigenvalue weighted by Crippen LogP contribution is 2.38. The molecule has 2 rings (SSSR count). The number of aryl methyl sites for hydroxylation is 1. The summed E-state index contributed by atoms with van der Waals surface area (Å²) >= 11 is 1.91. The quantitative estimate of drug-likeness (QED) is 0.846. The Kier molecular flexibility index (Phi) is 4.96. The summed E-state index contributed by atoms with van der Waals surface area (Å²) in [6.07, 6.45) is 6.30. The largest absolute Gasteiger partial charge is 0.461 e. The number of nitrogens with zero attached hydrogens (tertiary/aromatic N) is 2. The fourth-order valence-electron chi connectivity index (χ4n) is 2.87. The maximum Gasteiger partial charge on any atom is 0.360 e. The second kappa shape index (κ2) is 6.52. The van der Waals surface area contributed by atoms with Gasteiger partial charge in [-0.05, 0) is 32.4 Å². The van der Waals surface area contributed by atoms with Crippen LogP contribution in [-0.4, -0.2) is 33.6 Å². The Hall–Kier alpha value is -1.17. The number of aromatic nitrogens is 2. The highest BCUT2D eigenvalue weighted by atomic mass is 32.2. The van der Waals surface area contributed by atoms with Gasteiger partial charge in [0.1, 0.15) is 11.6 Å². The van der Waals surface area contributed by atoms with Gasteiger partial charge >= 0.3 is 5.97 Å². The van der Waals surface area contributed by atoms with Crippen molar-refractivity contribution in [3.63, 3.8) is 0 Å². The van der Waals surface area contributed by atoms with E-state index in [1.807, 2.05) is 18.7 Å². The van der Waals surface area contributed by atoms with Crippen LogP contribution in [0.5, 0.6) is 0 Å². The van der Waals surface area contributed by atoms with E-state index in [9.17, 15) is 4.79 Å². The summed E-state index contributed by atoms with van der Waals surface area (Å²) in [5.74, 6) is 0.933. The normalized spacial score (nSPS) is 22.1. The number of ether oxygens (including phenoxy) is 1. The molecule has 2 N–H and O–H groups in total. The molecule has 0 amide bonds. The van der Waals surface area contributed by atoms with Crippen LogP contribution in [0.15, 0.2) is 0 Å². The van der Waals surface area contributed by atoms with Crippen molar-refractivity contribution in [2.75, 3.05) is 18.6 Å². The third kappa shape index (κ3) is 2.80. The summed E-state index contributed by atoms with van der Waals surface area (Å²) in [5, 5.41) is 0.678. The number of carbonyl (C=O) groups is 1. The van der Waals surface area contributed by atoms with E-state index < -0.39 is 5.97 Å². The first kappa shape index (κ1) is 15.2. The molecule has 2 atom stereocenters. The molecule has 0 aromatic carbocycles. The van der Waals surface area contributed by atoms with Crippen molar-refractivity contribution >= 4 is 23.5 Å². The average Bonchev–Trinajstić information content (AvgIpc) is 3.02. The van der Waals surface area contributed by atoms with Crippen molar-refractivity contribution in [1.82, 2.24) is 9.55 Å². The lowest BCUT2D eigenvalue weighted by atomic mass is 10.2. The van der Waals surface area contributed by atoms with Gasteiger partial charge in [-0.2, -0.15) is 11.8 Å². The van der Waals surface area contributed by atoms with Gasteiger partial charge in [0.2, 0.25) is 0 Å². The van der Waals surface area contributed by atoms with E-state index in [0.717, 1.165) is 25.1 Å². The summed E-state index contributed by atoms with van der Waals surface area (Å²) < 4.78 is 7.09. The van der Waals surface area contributed by atoms with Crippen molar-refractivity contribution in [2.45, 2.75) is 50.8 Å². The zero-order valence-corrected chi connectivity index (χ0v) is 13.2. The predicted molar refractivity (Wildman–Crippen MR) is 82.2 cm³/mol. The minimum atomic E-state index is -0.419. The van der Waals surface area contributed by atoms with E-state index >= 15 is 0 Å². The van der Waals surface area contributed by atoms with Crippen molar-refractivity contribution in [3.8, 4) is 0 Å². The van der Waals surface area contributed by atoms with Crippen LogP contribution in [0.1, 0.15) is 55.5 Å². The summed E-state index contributed by atoms with van der Waals surface area (Å²) in [7, 11) is 0. The summed E-state index contributed by atoms with van der Waals surface area (Å²) in [6, 6.07) is 0.359. The Labute approximate surface area is 124 Å². The van der Waals surface area contributed by atoms with Crippen LogP contribution in [0.3, 0.4) is 0 Å². The highest BCUT2D eigenvalue weighted by molar-refractivity contribution is 7.99. The van der Waals surface area contributed by atoms with Crippen molar-refractivity contribution < 1.29 is 9.53 Å². The van der Waals surface area contributed by atoms with Crippen molar-refractivity contribution in [1.29, 1.82) is 0 Å². The minimum absolute atomic E-state index is 0.274. The molecule has 0 radical (unpaired) electrons. The zero-order chi connectivity index (χ0) is 14.7. The first-order valence-electron chi connectivity index (χ1n) is 7.18. The van der Waals surface area contributed by atoms with E-state index in [4.69, 9.17) is 10.5 Å². The van der Waals surface area contributed by atoms with Crippen LogP contribution in [0.2, 0.25) is 0 Å². The second-order valence-electron chi connectivity index (χ2n) is 5.03. The average molecular weight is 297 g/mol. The highest BCUT2D eigenvalue weighted by Gasteiger charge is 2.30. The third-order valence-electron chi connectivity index (χ3n) is 3.86. The lowest BCUT2D eigenvalue weighted by Crippen LogP contribution is -2.14. The molecule has 1 aliphatic rings. The first-order valence-corrected chi connectivity index (χ1v) is 8.47. The van der Waals surface area contributed by atoms with Gasteiger partial charge < -0.3 is 15.0 Å². The van der Waals surface area contributed by atoms with Gasteiger partial charge in [-0.15, -0.1) is 0 Å². The van der Waals surface area contributed by atoms with Gasteiger partial charge in [-0.25, -0.2) is 9.78 Å². The molecule has 1 aromatic heterocycles. The maximum atomic E-state index is 11.9. The van der Waals surface area contributed by atoms with Crippen LogP contribution in [0.4, 0.5) is 5.82 Å². The first-order chi connectivity index (χ1) is 9.62. The number of esters is 1. The molecule has 0 saturated heterocycles. The van der Waals surface area contributed by atoms with E-state index in [0.29, 0.717) is 23.7 Å². The van der Waals surface area contributed by atoms with Gasteiger partial charge in [0.25, 0.3) is 0 Å². The molecule has 1 aliphatic carbocycles. The Morgan fingerprint density at radius 1 is 1.50 bits per heavy atom. The molecule has 5 nitrogen and oxygen atoms in total. The molecule has 1 heterocycles. The standard InChI is InChI=1S/C14H23N3O2S/c1-4-11-16-12(14(18)19-5-2)13(15)17(11)9-6-7-10(8-9)20-3/h9-10H,4-8,15H2,1-3H3. The number of nitrogen functional groups attached to an aromatic ring is 1. The minimum Gasteiger partial charge on any atom is -0.461 e. The molecule has 6 heteroatoms. The van der Waals surface area contributed by atoms with E-state index in [1.165, 1.54) is 6.42 Å². The van der Waals surface area contributed by atoms with Gasteiger partial charge in [-0.3, -0.25) is 0 Å². The topological polar surface area (TPSA) is 70.1 Å². The molecule has 2 unspecified atom stereocenters. The summed E-state index contributed by atoms with van der Waals surface area (Å²) in [5.41, 5.74) is 6.44. The van der Waals surface area contributed by atoms with Crippen molar-refractivity contribution in [3.05, 3.63) is 11.5 Å². The number of thioether (sulfide) groups is 1. The van der Waals surface area contributed by atoms with Gasteiger partial charge in [0.05, 0.1) is 6.61 Å². The van der Waals surface area contributed by atoms with Gasteiger partial charge in [0.15, 0.2) is 5.69 Å². The Morgan fingerprint density at radius 2 is 2.25 bits per heavy atom.